The Morgan fingerprint density at radius 1 is 1.33 bits per heavy atom. The fourth-order valence-corrected chi connectivity index (χ4v) is 1.96. The van der Waals surface area contributed by atoms with Crippen LogP contribution in [0.2, 0.25) is 0 Å². The number of hydrogen-bond donors (Lipinski definition) is 2. The van der Waals surface area contributed by atoms with Gasteiger partial charge in [0, 0.05) is 18.6 Å². The van der Waals surface area contributed by atoms with Crippen LogP contribution >= 0.6 is 0 Å². The van der Waals surface area contributed by atoms with E-state index < -0.39 is 16.3 Å². The van der Waals surface area contributed by atoms with E-state index in [1.165, 1.54) is 12.1 Å². The van der Waals surface area contributed by atoms with Crippen LogP contribution in [0.1, 0.15) is 32.3 Å². The molecule has 0 heterocycles. The van der Waals surface area contributed by atoms with Gasteiger partial charge in [0.15, 0.2) is 0 Å². The van der Waals surface area contributed by atoms with E-state index in [4.69, 9.17) is 5.11 Å². The summed E-state index contributed by atoms with van der Waals surface area (Å²) in [6, 6.07) is 4.20. The Kier molecular flexibility index (Phi) is 5.02. The van der Waals surface area contributed by atoms with Crippen LogP contribution in [0.4, 0.5) is 11.4 Å². The molecule has 1 amide bonds. The molecule has 0 spiro atoms. The number of benzene rings is 1. The second-order valence-electron chi connectivity index (χ2n) is 5.72. The van der Waals surface area contributed by atoms with Gasteiger partial charge in [-0.1, -0.05) is 19.9 Å². The number of nitro groups is 1. The van der Waals surface area contributed by atoms with E-state index in [1.54, 1.807) is 26.8 Å². The molecule has 1 rings (SSSR count). The highest BCUT2D eigenvalue weighted by Gasteiger charge is 2.25. The molecule has 0 saturated carbocycles. The SMILES string of the molecule is Cc1ccc([N+](=O)[O-])cc1NC(=O)CC(C)(C)CC(=O)O. The van der Waals surface area contributed by atoms with Crippen molar-refractivity contribution in [3.8, 4) is 0 Å². The van der Waals surface area contributed by atoms with Crippen LogP contribution in [0.3, 0.4) is 0 Å². The van der Waals surface area contributed by atoms with E-state index in [2.05, 4.69) is 5.32 Å². The molecular weight excluding hydrogens is 276 g/mol. The fourth-order valence-electron chi connectivity index (χ4n) is 1.96. The van der Waals surface area contributed by atoms with Crippen molar-refractivity contribution in [1.82, 2.24) is 0 Å². The number of amides is 1. The Hall–Kier alpha value is -2.44. The van der Waals surface area contributed by atoms with Crippen molar-refractivity contribution in [3.05, 3.63) is 33.9 Å². The molecule has 0 aliphatic heterocycles. The number of carbonyl (C=O) groups is 2. The highest BCUT2D eigenvalue weighted by atomic mass is 16.6. The fraction of sp³-hybridized carbons (Fsp3) is 0.429. The minimum Gasteiger partial charge on any atom is -0.481 e. The smallest absolute Gasteiger partial charge is 0.303 e. The molecule has 0 saturated heterocycles. The number of carboxylic acid groups (broad SMARTS) is 1. The lowest BCUT2D eigenvalue weighted by molar-refractivity contribution is -0.384. The van der Waals surface area contributed by atoms with Crippen LogP contribution in [0, 0.1) is 22.5 Å². The van der Waals surface area contributed by atoms with Crippen LogP contribution in [0.5, 0.6) is 0 Å². The molecule has 0 bridgehead atoms. The number of nitrogens with one attached hydrogen (secondary N) is 1. The summed E-state index contributed by atoms with van der Waals surface area (Å²) in [5.74, 6) is -1.34. The van der Waals surface area contributed by atoms with Crippen LogP contribution in [-0.4, -0.2) is 21.9 Å². The lowest BCUT2D eigenvalue weighted by Gasteiger charge is -2.21. The van der Waals surface area contributed by atoms with Crippen molar-refractivity contribution in [2.45, 2.75) is 33.6 Å². The molecule has 114 valence electrons. The third kappa shape index (κ3) is 5.21. The van der Waals surface area contributed by atoms with E-state index in [1.807, 2.05) is 0 Å². The van der Waals surface area contributed by atoms with E-state index in [-0.39, 0.29) is 24.4 Å². The summed E-state index contributed by atoms with van der Waals surface area (Å²) in [5, 5.41) is 22.1. The second-order valence-corrected chi connectivity index (χ2v) is 5.72. The molecule has 0 radical (unpaired) electrons. The monoisotopic (exact) mass is 294 g/mol. The average Bonchev–Trinajstić information content (AvgIpc) is 2.28. The molecular formula is C14H18N2O5. The second kappa shape index (κ2) is 6.34. The van der Waals surface area contributed by atoms with Gasteiger partial charge in [0.1, 0.15) is 0 Å². The van der Waals surface area contributed by atoms with Crippen molar-refractivity contribution < 1.29 is 19.6 Å². The minimum atomic E-state index is -0.973. The third-order valence-electron chi connectivity index (χ3n) is 2.97. The molecule has 0 aromatic heterocycles. The first kappa shape index (κ1) is 16.6. The van der Waals surface area contributed by atoms with E-state index in [0.717, 1.165) is 0 Å². The first-order chi connectivity index (χ1) is 9.60. The topological polar surface area (TPSA) is 110 Å². The summed E-state index contributed by atoms with van der Waals surface area (Å²) in [6.45, 7) is 5.09. The molecule has 7 nitrogen and oxygen atoms in total. The predicted octanol–water partition coefficient (Wildman–Crippen LogP) is 2.73. The summed E-state index contributed by atoms with van der Waals surface area (Å²) >= 11 is 0. The van der Waals surface area contributed by atoms with Crippen molar-refractivity contribution >= 4 is 23.3 Å². The summed E-state index contributed by atoms with van der Waals surface area (Å²) in [7, 11) is 0. The number of anilines is 1. The molecule has 0 atom stereocenters. The van der Waals surface area contributed by atoms with Gasteiger partial charge in [-0.15, -0.1) is 0 Å². The zero-order chi connectivity index (χ0) is 16.2. The zero-order valence-electron chi connectivity index (χ0n) is 12.2. The van der Waals surface area contributed by atoms with E-state index in [0.29, 0.717) is 11.3 Å². The van der Waals surface area contributed by atoms with Gasteiger partial charge >= 0.3 is 5.97 Å². The van der Waals surface area contributed by atoms with Gasteiger partial charge in [0.05, 0.1) is 17.0 Å². The Balaban J connectivity index is 2.81. The lowest BCUT2D eigenvalue weighted by atomic mass is 9.85. The number of carbonyl (C=O) groups excluding carboxylic acids is 1. The molecule has 21 heavy (non-hydrogen) atoms. The van der Waals surface area contributed by atoms with Gasteiger partial charge in [-0.2, -0.15) is 0 Å². The van der Waals surface area contributed by atoms with Crippen molar-refractivity contribution in [2.24, 2.45) is 5.41 Å². The van der Waals surface area contributed by atoms with Gasteiger partial charge in [-0.05, 0) is 17.9 Å². The summed E-state index contributed by atoms with van der Waals surface area (Å²) in [4.78, 5) is 32.9. The average molecular weight is 294 g/mol. The number of rotatable bonds is 6. The van der Waals surface area contributed by atoms with Crippen molar-refractivity contribution in [1.29, 1.82) is 0 Å². The number of carboxylic acids is 1. The molecule has 1 aromatic rings. The number of hydrogen-bond acceptors (Lipinski definition) is 4. The molecule has 0 fully saturated rings. The number of aliphatic carboxylic acids is 1. The normalized spacial score (nSPS) is 11.0. The van der Waals surface area contributed by atoms with Gasteiger partial charge in [0.2, 0.25) is 5.91 Å². The summed E-state index contributed by atoms with van der Waals surface area (Å²) in [5.41, 5.74) is 0.260. The summed E-state index contributed by atoms with van der Waals surface area (Å²) in [6.07, 6.45) is -0.115. The maximum absolute atomic E-state index is 12.0. The predicted molar refractivity (Wildman–Crippen MR) is 77.1 cm³/mol. The van der Waals surface area contributed by atoms with Crippen LogP contribution in [0.25, 0.3) is 0 Å². The Morgan fingerprint density at radius 2 is 1.95 bits per heavy atom. The van der Waals surface area contributed by atoms with Gasteiger partial charge < -0.3 is 10.4 Å². The molecule has 2 N–H and O–H groups in total. The largest absolute Gasteiger partial charge is 0.481 e. The van der Waals surface area contributed by atoms with Crippen molar-refractivity contribution in [2.75, 3.05) is 5.32 Å². The van der Waals surface area contributed by atoms with Crippen LogP contribution in [-0.2, 0) is 9.59 Å². The van der Waals surface area contributed by atoms with Crippen LogP contribution in [0.15, 0.2) is 18.2 Å². The highest BCUT2D eigenvalue weighted by molar-refractivity contribution is 5.92. The van der Waals surface area contributed by atoms with E-state index in [9.17, 15) is 19.7 Å². The molecule has 1 aromatic carbocycles. The van der Waals surface area contributed by atoms with E-state index >= 15 is 0 Å². The number of nitrogens with zero attached hydrogens (tertiary/aromatic N) is 1. The van der Waals surface area contributed by atoms with Crippen LogP contribution < -0.4 is 5.32 Å². The number of nitro benzene ring substituents is 1. The first-order valence-corrected chi connectivity index (χ1v) is 6.37. The first-order valence-electron chi connectivity index (χ1n) is 6.37. The molecule has 0 unspecified atom stereocenters. The Labute approximate surface area is 122 Å². The Bertz CT molecular complexity index is 581. The Morgan fingerprint density at radius 3 is 2.48 bits per heavy atom. The maximum atomic E-state index is 12.0. The van der Waals surface area contributed by atoms with Gasteiger partial charge in [-0.25, -0.2) is 0 Å². The van der Waals surface area contributed by atoms with Gasteiger partial charge in [0.25, 0.3) is 5.69 Å². The third-order valence-corrected chi connectivity index (χ3v) is 2.97. The lowest BCUT2D eigenvalue weighted by Crippen LogP contribution is -2.25. The van der Waals surface area contributed by atoms with Gasteiger partial charge in [-0.3, -0.25) is 19.7 Å². The van der Waals surface area contributed by atoms with Crippen molar-refractivity contribution in [3.63, 3.8) is 0 Å². The zero-order valence-corrected chi connectivity index (χ0v) is 12.2. The number of aryl methyl sites for hydroxylation is 1. The maximum Gasteiger partial charge on any atom is 0.303 e. The number of non-ortho nitro benzene ring substituents is 1. The molecule has 0 aliphatic carbocycles. The highest BCUT2D eigenvalue weighted by Crippen LogP contribution is 2.27. The standard InChI is InChI=1S/C14H18N2O5/c1-9-4-5-10(16(20)21)6-11(9)15-12(17)7-14(2,3)8-13(18)19/h4-6H,7-8H2,1-3H3,(H,15,17)(H,18,19). The molecule has 7 heteroatoms. The summed E-state index contributed by atoms with van der Waals surface area (Å²) < 4.78 is 0. The molecule has 0 aliphatic rings. The quantitative estimate of drug-likeness (QED) is 0.619. The minimum absolute atomic E-state index is 0.0153.